The summed E-state index contributed by atoms with van der Waals surface area (Å²) < 4.78 is 10.7. The van der Waals surface area contributed by atoms with Crippen LogP contribution in [0.5, 0.6) is 0 Å². The lowest BCUT2D eigenvalue weighted by atomic mass is 9.80. The monoisotopic (exact) mass is 272 g/mol. The van der Waals surface area contributed by atoms with Gasteiger partial charge in [-0.05, 0) is 31.2 Å². The Morgan fingerprint density at radius 1 is 1.21 bits per heavy atom. The van der Waals surface area contributed by atoms with Gasteiger partial charge < -0.3 is 15.2 Å². The molecule has 0 aromatic carbocycles. The lowest BCUT2D eigenvalue weighted by Crippen LogP contribution is -2.53. The number of ether oxygens (including phenoxy) is 2. The van der Waals surface area contributed by atoms with E-state index >= 15 is 0 Å². The molecule has 0 aromatic rings. The van der Waals surface area contributed by atoms with E-state index in [1.165, 1.54) is 6.42 Å². The van der Waals surface area contributed by atoms with E-state index in [2.05, 4.69) is 32.6 Å². The lowest BCUT2D eigenvalue weighted by Gasteiger charge is -2.40. The Bertz CT molecular complexity index is 274. The van der Waals surface area contributed by atoms with Gasteiger partial charge in [-0.25, -0.2) is 0 Å². The highest BCUT2D eigenvalue weighted by Crippen LogP contribution is 2.37. The van der Waals surface area contributed by atoms with Crippen molar-refractivity contribution in [2.75, 3.05) is 33.9 Å². The second-order valence-corrected chi connectivity index (χ2v) is 7.10. The first-order valence-electron chi connectivity index (χ1n) is 7.27. The molecule has 0 spiro atoms. The molecule has 0 aromatic heterocycles. The van der Waals surface area contributed by atoms with Crippen LogP contribution in [-0.2, 0) is 9.47 Å². The van der Waals surface area contributed by atoms with Crippen molar-refractivity contribution in [3.8, 4) is 0 Å². The Morgan fingerprint density at radius 3 is 2.16 bits per heavy atom. The summed E-state index contributed by atoms with van der Waals surface area (Å²) in [4.78, 5) is 2.52. The zero-order valence-corrected chi connectivity index (χ0v) is 13.5. The van der Waals surface area contributed by atoms with Gasteiger partial charge in [0.15, 0.2) is 6.29 Å². The molecule has 2 unspecified atom stereocenters. The van der Waals surface area contributed by atoms with Crippen LogP contribution in [0.2, 0.25) is 0 Å². The summed E-state index contributed by atoms with van der Waals surface area (Å²) in [7, 11) is 3.38. The highest BCUT2D eigenvalue weighted by molar-refractivity contribution is 4.95. The molecule has 114 valence electrons. The SMILES string of the molecule is COC(CC(C)(CN)N1CCC(C(C)(C)C)C1)OC. The molecular formula is C15H32N2O2. The first kappa shape index (κ1) is 16.9. The summed E-state index contributed by atoms with van der Waals surface area (Å²) in [6, 6.07) is 0. The maximum absolute atomic E-state index is 6.05. The summed E-state index contributed by atoms with van der Waals surface area (Å²) in [5.41, 5.74) is 6.37. The molecule has 2 atom stereocenters. The van der Waals surface area contributed by atoms with Crippen molar-refractivity contribution in [1.82, 2.24) is 4.90 Å². The number of nitrogens with two attached hydrogens (primary N) is 1. The number of likely N-dealkylation sites (tertiary alicyclic amines) is 1. The van der Waals surface area contributed by atoms with Gasteiger partial charge in [0, 0.05) is 39.3 Å². The van der Waals surface area contributed by atoms with Crippen LogP contribution in [0, 0.1) is 11.3 Å². The maximum atomic E-state index is 6.05. The number of rotatable bonds is 6. The summed E-state index contributed by atoms with van der Waals surface area (Å²) in [5.74, 6) is 0.738. The molecule has 1 rings (SSSR count). The van der Waals surface area contributed by atoms with Gasteiger partial charge in [0.25, 0.3) is 0 Å². The van der Waals surface area contributed by atoms with E-state index in [9.17, 15) is 0 Å². The van der Waals surface area contributed by atoms with Crippen molar-refractivity contribution in [3.63, 3.8) is 0 Å². The Labute approximate surface area is 118 Å². The molecule has 0 aliphatic carbocycles. The fourth-order valence-electron chi connectivity index (χ4n) is 2.92. The molecule has 2 N–H and O–H groups in total. The van der Waals surface area contributed by atoms with Crippen molar-refractivity contribution in [3.05, 3.63) is 0 Å². The average molecular weight is 272 g/mol. The van der Waals surface area contributed by atoms with E-state index in [0.29, 0.717) is 12.0 Å². The Morgan fingerprint density at radius 2 is 1.79 bits per heavy atom. The van der Waals surface area contributed by atoms with E-state index in [1.807, 2.05) is 0 Å². The van der Waals surface area contributed by atoms with Gasteiger partial charge in [-0.2, -0.15) is 0 Å². The molecule has 4 heteroatoms. The molecule has 19 heavy (non-hydrogen) atoms. The molecule has 0 saturated carbocycles. The van der Waals surface area contributed by atoms with Gasteiger partial charge in [0.2, 0.25) is 0 Å². The van der Waals surface area contributed by atoms with Gasteiger partial charge in [0.05, 0.1) is 0 Å². The molecule has 0 radical (unpaired) electrons. The normalized spacial score (nSPS) is 24.9. The predicted octanol–water partition coefficient (Wildman–Crippen LogP) is 2.08. The third-order valence-electron chi connectivity index (χ3n) is 4.75. The van der Waals surface area contributed by atoms with E-state index in [0.717, 1.165) is 25.4 Å². The summed E-state index contributed by atoms with van der Waals surface area (Å²) in [6.45, 7) is 12.1. The zero-order valence-electron chi connectivity index (χ0n) is 13.5. The average Bonchev–Trinajstić information content (AvgIpc) is 2.85. The van der Waals surface area contributed by atoms with Gasteiger partial charge in [0.1, 0.15) is 0 Å². The number of nitrogens with zero attached hydrogens (tertiary/aromatic N) is 1. The Kier molecular flexibility index (Phi) is 5.80. The zero-order chi connectivity index (χ0) is 14.7. The number of hydrogen-bond donors (Lipinski definition) is 1. The number of hydrogen-bond acceptors (Lipinski definition) is 4. The fraction of sp³-hybridized carbons (Fsp3) is 1.00. The fourth-order valence-corrected chi connectivity index (χ4v) is 2.92. The van der Waals surface area contributed by atoms with Crippen molar-refractivity contribution in [2.45, 2.75) is 52.4 Å². The molecule has 1 heterocycles. The van der Waals surface area contributed by atoms with Crippen LogP contribution >= 0.6 is 0 Å². The highest BCUT2D eigenvalue weighted by Gasteiger charge is 2.40. The molecule has 1 aliphatic rings. The molecule has 4 nitrogen and oxygen atoms in total. The van der Waals surface area contributed by atoms with Crippen LogP contribution in [-0.4, -0.2) is 50.6 Å². The highest BCUT2D eigenvalue weighted by atomic mass is 16.7. The van der Waals surface area contributed by atoms with Crippen LogP contribution in [0.15, 0.2) is 0 Å². The summed E-state index contributed by atoms with van der Waals surface area (Å²) >= 11 is 0. The molecule has 0 amide bonds. The van der Waals surface area contributed by atoms with E-state index in [1.54, 1.807) is 14.2 Å². The molecular weight excluding hydrogens is 240 g/mol. The van der Waals surface area contributed by atoms with Crippen molar-refractivity contribution in [1.29, 1.82) is 0 Å². The Hall–Kier alpha value is -0.160. The number of methoxy groups -OCH3 is 2. The lowest BCUT2D eigenvalue weighted by molar-refractivity contribution is -0.127. The molecule has 1 aliphatic heterocycles. The summed E-state index contributed by atoms with van der Waals surface area (Å²) in [6.07, 6.45) is 1.89. The minimum absolute atomic E-state index is 0.0450. The minimum Gasteiger partial charge on any atom is -0.356 e. The smallest absolute Gasteiger partial charge is 0.158 e. The third-order valence-corrected chi connectivity index (χ3v) is 4.75. The Balaban J connectivity index is 2.70. The van der Waals surface area contributed by atoms with Crippen molar-refractivity contribution in [2.24, 2.45) is 17.1 Å². The topological polar surface area (TPSA) is 47.7 Å². The second kappa shape index (κ2) is 6.53. The second-order valence-electron chi connectivity index (χ2n) is 7.10. The van der Waals surface area contributed by atoms with Gasteiger partial charge in [-0.15, -0.1) is 0 Å². The van der Waals surface area contributed by atoms with Crippen LogP contribution < -0.4 is 5.73 Å². The molecule has 1 saturated heterocycles. The predicted molar refractivity (Wildman–Crippen MR) is 79.0 cm³/mol. The first-order valence-corrected chi connectivity index (χ1v) is 7.27. The van der Waals surface area contributed by atoms with Crippen molar-refractivity contribution >= 4 is 0 Å². The summed E-state index contributed by atoms with van der Waals surface area (Å²) in [5, 5.41) is 0. The standard InChI is InChI=1S/C15H32N2O2/c1-14(2,3)12-7-8-17(10-12)15(4,11-16)9-13(18-5)19-6/h12-13H,7-11,16H2,1-6H3. The van der Waals surface area contributed by atoms with Crippen LogP contribution in [0.3, 0.4) is 0 Å². The minimum atomic E-state index is -0.178. The van der Waals surface area contributed by atoms with Gasteiger partial charge >= 0.3 is 0 Å². The van der Waals surface area contributed by atoms with Gasteiger partial charge in [-0.3, -0.25) is 4.90 Å². The molecule has 1 fully saturated rings. The maximum Gasteiger partial charge on any atom is 0.158 e. The van der Waals surface area contributed by atoms with Crippen molar-refractivity contribution < 1.29 is 9.47 Å². The first-order chi connectivity index (χ1) is 8.76. The largest absolute Gasteiger partial charge is 0.356 e. The van der Waals surface area contributed by atoms with Crippen LogP contribution in [0.4, 0.5) is 0 Å². The van der Waals surface area contributed by atoms with E-state index in [-0.39, 0.29) is 11.8 Å². The molecule has 0 bridgehead atoms. The van der Waals surface area contributed by atoms with E-state index < -0.39 is 0 Å². The van der Waals surface area contributed by atoms with E-state index in [4.69, 9.17) is 15.2 Å². The van der Waals surface area contributed by atoms with Crippen LogP contribution in [0.25, 0.3) is 0 Å². The quantitative estimate of drug-likeness (QED) is 0.752. The third kappa shape index (κ3) is 4.15. The van der Waals surface area contributed by atoms with Crippen LogP contribution in [0.1, 0.15) is 40.5 Å². The van der Waals surface area contributed by atoms with Gasteiger partial charge in [-0.1, -0.05) is 20.8 Å².